The summed E-state index contributed by atoms with van der Waals surface area (Å²) < 4.78 is 2.54. The van der Waals surface area contributed by atoms with Crippen molar-refractivity contribution in [1.29, 1.82) is 0 Å². The van der Waals surface area contributed by atoms with Crippen LogP contribution in [0.25, 0.3) is 0 Å². The van der Waals surface area contributed by atoms with Gasteiger partial charge in [-0.3, -0.25) is 0 Å². The monoisotopic (exact) mass is 150 g/mol. The zero-order valence-electron chi connectivity index (χ0n) is 3.59. The topological polar surface area (TPSA) is 3.24 Å². The van der Waals surface area contributed by atoms with E-state index in [-0.39, 0.29) is 0 Å². The molecule has 1 rings (SSSR count). The molecule has 1 aliphatic heterocycles. The van der Waals surface area contributed by atoms with Crippen molar-refractivity contribution in [3.63, 3.8) is 0 Å². The van der Waals surface area contributed by atoms with Gasteiger partial charge in [0.2, 0.25) is 0 Å². The predicted molar refractivity (Wildman–Crippen MR) is 39.1 cm³/mol. The van der Waals surface area contributed by atoms with E-state index >= 15 is 0 Å². The summed E-state index contributed by atoms with van der Waals surface area (Å²) in [6.07, 6.45) is 0. The Balaban J connectivity index is 2.48. The lowest BCUT2D eigenvalue weighted by atomic mass is 10.8. The van der Waals surface area contributed by atoms with Crippen molar-refractivity contribution in [3.8, 4) is 0 Å². The number of hydrogen-bond acceptors (Lipinski definition) is 3. The minimum absolute atomic E-state index is 0.856. The fourth-order valence-corrected chi connectivity index (χ4v) is 1.77. The quantitative estimate of drug-likeness (QED) is 0.371. The maximum Gasteiger partial charge on any atom is 0.114 e. The van der Waals surface area contributed by atoms with Gasteiger partial charge in [-0.2, -0.15) is 0 Å². The molecule has 1 saturated heterocycles. The van der Waals surface area contributed by atoms with E-state index in [0.29, 0.717) is 0 Å². The summed E-state index contributed by atoms with van der Waals surface area (Å²) in [5.74, 6) is 1.07. The predicted octanol–water partition coefficient (Wildman–Crippen LogP) is 0.782. The van der Waals surface area contributed by atoms with E-state index in [4.69, 9.17) is 25.0 Å². The molecule has 1 aliphatic rings. The molecule has 0 radical (unpaired) electrons. The molecule has 7 heavy (non-hydrogen) atoms. The number of hydrogen-bond donors (Lipinski definition) is 0. The molecule has 0 bridgehead atoms. The van der Waals surface area contributed by atoms with Crippen molar-refractivity contribution in [3.05, 3.63) is 0 Å². The van der Waals surface area contributed by atoms with Crippen molar-refractivity contribution in [1.82, 2.24) is 4.31 Å². The van der Waals surface area contributed by atoms with Crippen LogP contribution in [0.2, 0.25) is 0 Å². The highest BCUT2D eigenvalue weighted by molar-refractivity contribution is 8.23. The molecule has 0 aromatic heterocycles. The first kappa shape index (κ1) is 5.72. The molecular weight excluding hydrogens is 146 g/mol. The second-order valence-corrected chi connectivity index (χ2v) is 3.39. The summed E-state index contributed by atoms with van der Waals surface area (Å²) in [6, 6.07) is 0. The van der Waals surface area contributed by atoms with Gasteiger partial charge in [0.25, 0.3) is 0 Å². The SMILES string of the molecule is S=C1SCCN1[S-]. The average molecular weight is 150 g/mol. The number of thioether (sulfide) groups is 1. The molecule has 0 saturated carbocycles. The minimum Gasteiger partial charge on any atom is -0.666 e. The van der Waals surface area contributed by atoms with Crippen LogP contribution in [0.4, 0.5) is 0 Å². The first-order valence-electron chi connectivity index (χ1n) is 1.92. The molecule has 0 aromatic rings. The van der Waals surface area contributed by atoms with Gasteiger partial charge in [-0.25, -0.2) is 0 Å². The Morgan fingerprint density at radius 3 is 2.71 bits per heavy atom. The molecule has 0 aromatic carbocycles. The zero-order valence-corrected chi connectivity index (χ0v) is 6.04. The van der Waals surface area contributed by atoms with E-state index in [1.54, 1.807) is 16.1 Å². The van der Waals surface area contributed by atoms with Crippen molar-refractivity contribution >= 4 is 41.1 Å². The van der Waals surface area contributed by atoms with E-state index < -0.39 is 0 Å². The molecule has 1 fully saturated rings. The number of thiocarbonyl (C=S) groups is 1. The molecule has 0 unspecified atom stereocenters. The van der Waals surface area contributed by atoms with E-state index in [9.17, 15) is 0 Å². The van der Waals surface area contributed by atoms with E-state index in [0.717, 1.165) is 16.6 Å². The first-order valence-corrected chi connectivity index (χ1v) is 3.68. The van der Waals surface area contributed by atoms with Gasteiger partial charge in [-0.15, -0.1) is 0 Å². The second kappa shape index (κ2) is 2.24. The van der Waals surface area contributed by atoms with Crippen molar-refractivity contribution in [2.45, 2.75) is 0 Å². The molecule has 1 nitrogen and oxygen atoms in total. The molecule has 0 aliphatic carbocycles. The highest BCUT2D eigenvalue weighted by Crippen LogP contribution is 2.15. The average Bonchev–Trinajstić information content (AvgIpc) is 1.91. The largest absolute Gasteiger partial charge is 0.666 e. The van der Waals surface area contributed by atoms with Crippen molar-refractivity contribution in [2.75, 3.05) is 12.3 Å². The third-order valence-electron chi connectivity index (χ3n) is 0.724. The highest BCUT2D eigenvalue weighted by atomic mass is 32.2. The molecule has 1 heterocycles. The first-order chi connectivity index (χ1) is 3.30. The van der Waals surface area contributed by atoms with Gasteiger partial charge in [-0.1, -0.05) is 24.0 Å². The molecule has 0 N–H and O–H groups in total. The van der Waals surface area contributed by atoms with Crippen LogP contribution in [0.3, 0.4) is 0 Å². The molecule has 0 spiro atoms. The molecular formula is C3H4NS3-. The van der Waals surface area contributed by atoms with Gasteiger partial charge in [0.05, 0.1) is 0 Å². The fourth-order valence-electron chi connectivity index (χ4n) is 0.379. The smallest absolute Gasteiger partial charge is 0.114 e. The Labute approximate surface area is 58.0 Å². The Hall–Kier alpha value is 0.590. The zero-order chi connectivity index (χ0) is 5.28. The van der Waals surface area contributed by atoms with Crippen LogP contribution in [0.5, 0.6) is 0 Å². The summed E-state index contributed by atoms with van der Waals surface area (Å²) >= 11 is 11.3. The summed E-state index contributed by atoms with van der Waals surface area (Å²) in [6.45, 7) is 0.943. The lowest BCUT2D eigenvalue weighted by Crippen LogP contribution is -2.13. The van der Waals surface area contributed by atoms with Gasteiger partial charge in [0.1, 0.15) is 4.32 Å². The second-order valence-electron chi connectivity index (χ2n) is 1.22. The van der Waals surface area contributed by atoms with E-state index in [2.05, 4.69) is 0 Å². The van der Waals surface area contributed by atoms with Crippen LogP contribution < -0.4 is 0 Å². The minimum atomic E-state index is 0.856. The van der Waals surface area contributed by atoms with Crippen molar-refractivity contribution in [2.24, 2.45) is 0 Å². The van der Waals surface area contributed by atoms with Crippen LogP contribution in [0.1, 0.15) is 0 Å². The van der Waals surface area contributed by atoms with Crippen LogP contribution in [0.15, 0.2) is 0 Å². The van der Waals surface area contributed by atoms with Crippen molar-refractivity contribution < 1.29 is 0 Å². The maximum absolute atomic E-state index is 4.83. The van der Waals surface area contributed by atoms with Gasteiger partial charge in [-0.05, 0) is 0 Å². The number of rotatable bonds is 0. The standard InChI is InChI=1S/C3H4NS3/c5-3-4(6)1-2-7-3/h1-2H2/q-1. The summed E-state index contributed by atoms with van der Waals surface area (Å²) in [4.78, 5) is 0. The Kier molecular flexibility index (Phi) is 1.83. The molecule has 0 atom stereocenters. The lowest BCUT2D eigenvalue weighted by molar-refractivity contribution is 0.770. The summed E-state index contributed by atoms with van der Waals surface area (Å²) in [5, 5.41) is 0. The molecule has 40 valence electrons. The number of nitrogens with zero attached hydrogens (tertiary/aromatic N) is 1. The van der Waals surface area contributed by atoms with Gasteiger partial charge in [0, 0.05) is 12.3 Å². The lowest BCUT2D eigenvalue weighted by Gasteiger charge is -2.22. The van der Waals surface area contributed by atoms with E-state index in [1.165, 1.54) is 0 Å². The van der Waals surface area contributed by atoms with Crippen LogP contribution in [-0.2, 0) is 12.8 Å². The Morgan fingerprint density at radius 1 is 1.86 bits per heavy atom. The molecule has 4 heteroatoms. The van der Waals surface area contributed by atoms with E-state index in [1.807, 2.05) is 0 Å². The van der Waals surface area contributed by atoms with Crippen LogP contribution in [0, 0.1) is 0 Å². The summed E-state index contributed by atoms with van der Waals surface area (Å²) in [7, 11) is 0. The van der Waals surface area contributed by atoms with Crippen LogP contribution >= 0.6 is 24.0 Å². The third kappa shape index (κ3) is 1.24. The van der Waals surface area contributed by atoms with Crippen LogP contribution in [-0.4, -0.2) is 20.9 Å². The van der Waals surface area contributed by atoms with Gasteiger partial charge in [0.15, 0.2) is 0 Å². The van der Waals surface area contributed by atoms with Gasteiger partial charge >= 0.3 is 0 Å². The maximum atomic E-state index is 4.83. The summed E-state index contributed by atoms with van der Waals surface area (Å²) in [5.41, 5.74) is 0. The Bertz CT molecular complexity index is 92.2. The fraction of sp³-hybridized carbons (Fsp3) is 0.667. The normalized spacial score (nSPS) is 21.3. The highest BCUT2D eigenvalue weighted by Gasteiger charge is 2.05. The third-order valence-corrected chi connectivity index (χ3v) is 2.75. The Morgan fingerprint density at radius 2 is 2.57 bits per heavy atom. The molecule has 0 amide bonds. The van der Waals surface area contributed by atoms with Gasteiger partial charge < -0.3 is 17.1 Å².